The number of fused-ring (bicyclic) bond motifs is 1. The average molecular weight is 339 g/mol. The topological polar surface area (TPSA) is 57.2 Å². The Balaban J connectivity index is 1.59. The number of nitrogens with zero attached hydrogens (tertiary/aromatic N) is 5. The van der Waals surface area contributed by atoms with E-state index in [-0.39, 0.29) is 5.69 Å². The maximum absolute atomic E-state index is 12.7. The van der Waals surface area contributed by atoms with Crippen LogP contribution in [0.25, 0.3) is 5.69 Å². The summed E-state index contributed by atoms with van der Waals surface area (Å²) in [6.45, 7) is 3.03. The molecular weight excluding hydrogens is 318 g/mol. The van der Waals surface area contributed by atoms with Crippen LogP contribution in [0.15, 0.2) is 47.4 Å². The van der Waals surface area contributed by atoms with E-state index in [1.165, 1.54) is 10.4 Å². The summed E-state index contributed by atoms with van der Waals surface area (Å²) >= 11 is 0. The van der Waals surface area contributed by atoms with E-state index in [0.717, 1.165) is 30.4 Å². The van der Waals surface area contributed by atoms with Gasteiger partial charge in [0, 0.05) is 38.6 Å². The minimum Gasteiger partial charge on any atom is -0.497 e. The molecule has 0 bridgehead atoms. The van der Waals surface area contributed by atoms with Crippen molar-refractivity contribution in [1.29, 1.82) is 0 Å². The summed E-state index contributed by atoms with van der Waals surface area (Å²) in [5, 5.41) is 4.56. The summed E-state index contributed by atoms with van der Waals surface area (Å²) in [5.74, 6) is 1.57. The summed E-state index contributed by atoms with van der Waals surface area (Å²) in [6.07, 6.45) is 2.05. The molecule has 1 aliphatic heterocycles. The Bertz CT molecular complexity index is 935. The molecule has 3 heterocycles. The van der Waals surface area contributed by atoms with Gasteiger partial charge in [-0.2, -0.15) is 4.68 Å². The van der Waals surface area contributed by atoms with Gasteiger partial charge in [-0.25, -0.2) is 4.79 Å². The smallest absolute Gasteiger partial charge is 0.350 e. The molecule has 0 radical (unpaired) electrons. The Morgan fingerprint density at radius 3 is 2.64 bits per heavy atom. The fraction of sp³-hybridized carbons (Fsp3) is 0.333. The largest absolute Gasteiger partial charge is 0.497 e. The number of benzene rings is 1. The lowest BCUT2D eigenvalue weighted by atomic mass is 10.3. The van der Waals surface area contributed by atoms with E-state index in [1.54, 1.807) is 11.7 Å². The van der Waals surface area contributed by atoms with Gasteiger partial charge in [-0.1, -0.05) is 0 Å². The van der Waals surface area contributed by atoms with Crippen molar-refractivity contribution in [2.45, 2.75) is 19.6 Å². The number of rotatable bonds is 4. The van der Waals surface area contributed by atoms with Crippen LogP contribution in [0, 0.1) is 0 Å². The molecule has 0 spiro atoms. The first-order valence-corrected chi connectivity index (χ1v) is 8.31. The van der Waals surface area contributed by atoms with Gasteiger partial charge in [-0.05, 0) is 36.4 Å². The molecule has 7 nitrogen and oxygen atoms in total. The standard InChI is InChI=1S/C18H21N5O2/c1-20-9-3-4-15(20)12-21-10-11-22-17(13-21)19-23(18(22)24)14-5-7-16(25-2)8-6-14/h3-9H,10-13H2,1-2H3. The maximum Gasteiger partial charge on any atom is 0.350 e. The van der Waals surface area contributed by atoms with E-state index in [1.807, 2.05) is 43.6 Å². The molecule has 0 unspecified atom stereocenters. The molecule has 1 aliphatic rings. The minimum absolute atomic E-state index is 0.0846. The minimum atomic E-state index is -0.0846. The van der Waals surface area contributed by atoms with Crippen LogP contribution in [-0.2, 0) is 26.7 Å². The van der Waals surface area contributed by atoms with Crippen molar-refractivity contribution in [3.8, 4) is 11.4 Å². The molecule has 0 amide bonds. The number of ether oxygens (including phenoxy) is 1. The van der Waals surface area contributed by atoms with Crippen molar-refractivity contribution in [2.75, 3.05) is 13.7 Å². The Labute approximate surface area is 145 Å². The highest BCUT2D eigenvalue weighted by atomic mass is 16.5. The second-order valence-electron chi connectivity index (χ2n) is 6.28. The van der Waals surface area contributed by atoms with Gasteiger partial charge in [0.25, 0.3) is 0 Å². The van der Waals surface area contributed by atoms with E-state index in [4.69, 9.17) is 4.74 Å². The van der Waals surface area contributed by atoms with Crippen LogP contribution in [0.5, 0.6) is 5.75 Å². The van der Waals surface area contributed by atoms with Gasteiger partial charge in [0.15, 0.2) is 0 Å². The molecule has 0 aliphatic carbocycles. The monoisotopic (exact) mass is 339 g/mol. The zero-order valence-electron chi connectivity index (χ0n) is 14.4. The highest BCUT2D eigenvalue weighted by molar-refractivity contribution is 5.36. The van der Waals surface area contributed by atoms with Gasteiger partial charge in [0.2, 0.25) is 0 Å². The van der Waals surface area contributed by atoms with Gasteiger partial charge >= 0.3 is 5.69 Å². The Hall–Kier alpha value is -2.80. The number of aromatic nitrogens is 4. The maximum atomic E-state index is 12.7. The van der Waals surface area contributed by atoms with Gasteiger partial charge in [-0.3, -0.25) is 9.47 Å². The van der Waals surface area contributed by atoms with E-state index >= 15 is 0 Å². The third-order valence-corrected chi connectivity index (χ3v) is 4.70. The van der Waals surface area contributed by atoms with Crippen LogP contribution in [0.3, 0.4) is 0 Å². The average Bonchev–Trinajstić information content (AvgIpc) is 3.18. The molecule has 3 aromatic rings. The third-order valence-electron chi connectivity index (χ3n) is 4.70. The van der Waals surface area contributed by atoms with Gasteiger partial charge in [-0.15, -0.1) is 5.10 Å². The van der Waals surface area contributed by atoms with Gasteiger partial charge < -0.3 is 9.30 Å². The number of hydrogen-bond donors (Lipinski definition) is 0. The molecular formula is C18H21N5O2. The van der Waals surface area contributed by atoms with E-state index in [9.17, 15) is 4.79 Å². The van der Waals surface area contributed by atoms with Crippen LogP contribution < -0.4 is 10.4 Å². The normalized spacial score (nSPS) is 14.5. The number of methoxy groups -OCH3 is 1. The molecule has 2 aromatic heterocycles. The second kappa shape index (κ2) is 6.25. The third kappa shape index (κ3) is 2.87. The molecule has 0 atom stereocenters. The number of hydrogen-bond acceptors (Lipinski definition) is 4. The Kier molecular flexibility index (Phi) is 3.93. The molecule has 4 rings (SSSR count). The summed E-state index contributed by atoms with van der Waals surface area (Å²) < 4.78 is 10.5. The van der Waals surface area contributed by atoms with Crippen molar-refractivity contribution in [3.63, 3.8) is 0 Å². The first-order chi connectivity index (χ1) is 12.2. The first-order valence-electron chi connectivity index (χ1n) is 8.31. The highest BCUT2D eigenvalue weighted by Gasteiger charge is 2.22. The Morgan fingerprint density at radius 2 is 1.96 bits per heavy atom. The lowest BCUT2D eigenvalue weighted by molar-refractivity contribution is 0.203. The SMILES string of the molecule is COc1ccc(-n2nc3n(c2=O)CCN(Cc2cccn2C)C3)cc1. The first kappa shape index (κ1) is 15.7. The van der Waals surface area contributed by atoms with Crippen molar-refractivity contribution < 1.29 is 4.74 Å². The second-order valence-corrected chi connectivity index (χ2v) is 6.28. The fourth-order valence-corrected chi connectivity index (χ4v) is 3.22. The van der Waals surface area contributed by atoms with Crippen molar-refractivity contribution >= 4 is 0 Å². The molecule has 7 heteroatoms. The van der Waals surface area contributed by atoms with Crippen LogP contribution in [-0.4, -0.2) is 37.5 Å². The van der Waals surface area contributed by atoms with E-state index < -0.39 is 0 Å². The zero-order valence-corrected chi connectivity index (χ0v) is 14.4. The van der Waals surface area contributed by atoms with E-state index in [2.05, 4.69) is 20.6 Å². The van der Waals surface area contributed by atoms with Gasteiger partial charge in [0.05, 0.1) is 19.3 Å². The predicted molar refractivity (Wildman–Crippen MR) is 93.9 cm³/mol. The molecule has 0 fully saturated rings. The fourth-order valence-electron chi connectivity index (χ4n) is 3.22. The van der Waals surface area contributed by atoms with Gasteiger partial charge in [0.1, 0.15) is 11.6 Å². The number of aryl methyl sites for hydroxylation is 1. The summed E-state index contributed by atoms with van der Waals surface area (Å²) in [4.78, 5) is 15.0. The van der Waals surface area contributed by atoms with Crippen LogP contribution >= 0.6 is 0 Å². The summed E-state index contributed by atoms with van der Waals surface area (Å²) in [7, 11) is 3.67. The predicted octanol–water partition coefficient (Wildman–Crippen LogP) is 1.40. The molecule has 0 N–H and O–H groups in total. The van der Waals surface area contributed by atoms with Crippen molar-refractivity contribution in [3.05, 3.63) is 64.6 Å². The van der Waals surface area contributed by atoms with Crippen LogP contribution in [0.1, 0.15) is 11.5 Å². The van der Waals surface area contributed by atoms with Crippen LogP contribution in [0.4, 0.5) is 0 Å². The zero-order chi connectivity index (χ0) is 17.4. The highest BCUT2D eigenvalue weighted by Crippen LogP contribution is 2.16. The summed E-state index contributed by atoms with van der Waals surface area (Å²) in [6, 6.07) is 11.5. The quantitative estimate of drug-likeness (QED) is 0.721. The molecule has 130 valence electrons. The summed E-state index contributed by atoms with van der Waals surface area (Å²) in [5.41, 5.74) is 1.92. The molecule has 1 aromatic carbocycles. The molecule has 0 saturated carbocycles. The van der Waals surface area contributed by atoms with Crippen LogP contribution in [0.2, 0.25) is 0 Å². The lowest BCUT2D eigenvalue weighted by Gasteiger charge is -2.26. The van der Waals surface area contributed by atoms with Crippen molar-refractivity contribution in [2.24, 2.45) is 7.05 Å². The van der Waals surface area contributed by atoms with Crippen molar-refractivity contribution in [1.82, 2.24) is 23.8 Å². The van der Waals surface area contributed by atoms with E-state index in [0.29, 0.717) is 13.1 Å². The molecule has 0 saturated heterocycles. The Morgan fingerprint density at radius 1 is 1.16 bits per heavy atom. The lowest BCUT2D eigenvalue weighted by Crippen LogP contribution is -2.37. The molecule has 25 heavy (non-hydrogen) atoms.